The Balaban J connectivity index is 1.83. The second kappa shape index (κ2) is 9.91. The van der Waals surface area contributed by atoms with Gasteiger partial charge in [-0.3, -0.25) is 14.3 Å². The van der Waals surface area contributed by atoms with Crippen molar-refractivity contribution in [1.82, 2.24) is 15.1 Å². The molecule has 142 valence electrons. The zero-order valence-corrected chi connectivity index (χ0v) is 15.2. The summed E-state index contributed by atoms with van der Waals surface area (Å²) in [5.41, 5.74) is 1.24. The molecule has 2 N–H and O–H groups in total. The smallest absolute Gasteiger partial charge is 0.330 e. The van der Waals surface area contributed by atoms with Gasteiger partial charge in [0.1, 0.15) is 0 Å². The molecule has 1 heterocycles. The Hall–Kier alpha value is -3.42. The number of carbonyl (C=O) groups excluding carboxylic acids is 3. The average molecular weight is 370 g/mol. The molecule has 0 aliphatic heterocycles. The molecule has 0 fully saturated rings. The number of benzene rings is 1. The maximum Gasteiger partial charge on any atom is 0.330 e. The van der Waals surface area contributed by atoms with Gasteiger partial charge in [-0.2, -0.15) is 5.10 Å². The lowest BCUT2D eigenvalue weighted by Crippen LogP contribution is -2.42. The summed E-state index contributed by atoms with van der Waals surface area (Å²) in [7, 11) is 0. The number of carbonyl (C=O) groups is 3. The van der Waals surface area contributed by atoms with E-state index < -0.39 is 17.8 Å². The zero-order valence-electron chi connectivity index (χ0n) is 15.2. The lowest BCUT2D eigenvalue weighted by atomic mass is 10.2. The number of hydrogen-bond donors (Lipinski definition) is 2. The van der Waals surface area contributed by atoms with Crippen molar-refractivity contribution in [1.29, 1.82) is 0 Å². The van der Waals surface area contributed by atoms with Crippen molar-refractivity contribution >= 4 is 29.5 Å². The van der Waals surface area contributed by atoms with Crippen LogP contribution in [0.15, 0.2) is 48.8 Å². The molecule has 8 nitrogen and oxygen atoms in total. The fraction of sp³-hybridized carbons (Fsp3) is 0.263. The standard InChI is InChI=1S/C19H22N4O4/c1-3-27-17(24)10-7-15-5-8-16(9-6-15)22-19(26)18(25)21-14(2)13-23-12-4-11-20-23/h4-12,14H,3,13H2,1-2H3,(H,21,25)(H,22,26). The van der Waals surface area contributed by atoms with Crippen LogP contribution in [0.2, 0.25) is 0 Å². The van der Waals surface area contributed by atoms with Gasteiger partial charge in [0.15, 0.2) is 0 Å². The highest BCUT2D eigenvalue weighted by Crippen LogP contribution is 2.11. The van der Waals surface area contributed by atoms with Crippen molar-refractivity contribution in [3.05, 3.63) is 54.4 Å². The molecule has 1 aromatic carbocycles. The summed E-state index contributed by atoms with van der Waals surface area (Å²) in [6.07, 6.45) is 6.35. The molecule has 0 saturated heterocycles. The minimum Gasteiger partial charge on any atom is -0.463 e. The fourth-order valence-corrected chi connectivity index (χ4v) is 2.24. The minimum absolute atomic E-state index is 0.251. The molecule has 1 unspecified atom stereocenters. The van der Waals surface area contributed by atoms with Crippen molar-refractivity contribution in [3.63, 3.8) is 0 Å². The highest BCUT2D eigenvalue weighted by molar-refractivity contribution is 6.39. The first-order valence-electron chi connectivity index (χ1n) is 8.52. The second-order valence-corrected chi connectivity index (χ2v) is 5.76. The molecular weight excluding hydrogens is 348 g/mol. The van der Waals surface area contributed by atoms with Gasteiger partial charge >= 0.3 is 17.8 Å². The van der Waals surface area contributed by atoms with Crippen LogP contribution in [0.3, 0.4) is 0 Å². The second-order valence-electron chi connectivity index (χ2n) is 5.76. The molecule has 0 aliphatic rings. The third-order valence-corrected chi connectivity index (χ3v) is 3.47. The Morgan fingerprint density at radius 3 is 2.59 bits per heavy atom. The average Bonchev–Trinajstić information content (AvgIpc) is 3.14. The van der Waals surface area contributed by atoms with Gasteiger partial charge < -0.3 is 15.4 Å². The SMILES string of the molecule is CCOC(=O)C=Cc1ccc(NC(=O)C(=O)NC(C)Cn2cccn2)cc1. The number of rotatable bonds is 7. The zero-order chi connectivity index (χ0) is 19.6. The van der Waals surface area contributed by atoms with Gasteiger partial charge in [-0.25, -0.2) is 4.79 Å². The van der Waals surface area contributed by atoms with E-state index >= 15 is 0 Å². The molecule has 0 spiro atoms. The Bertz CT molecular complexity index is 798. The topological polar surface area (TPSA) is 102 Å². The molecule has 8 heteroatoms. The number of nitrogens with zero attached hydrogens (tertiary/aromatic N) is 2. The third-order valence-electron chi connectivity index (χ3n) is 3.47. The van der Waals surface area contributed by atoms with Crippen molar-refractivity contribution in [2.24, 2.45) is 0 Å². The van der Waals surface area contributed by atoms with Crippen LogP contribution < -0.4 is 10.6 Å². The molecule has 1 aromatic heterocycles. The molecule has 2 aromatic rings. The maximum absolute atomic E-state index is 12.0. The van der Waals surface area contributed by atoms with E-state index in [-0.39, 0.29) is 6.04 Å². The van der Waals surface area contributed by atoms with Gasteiger partial charge in [0.05, 0.1) is 13.2 Å². The first-order chi connectivity index (χ1) is 13.0. The summed E-state index contributed by atoms with van der Waals surface area (Å²) in [6, 6.07) is 8.24. The molecule has 0 aliphatic carbocycles. The summed E-state index contributed by atoms with van der Waals surface area (Å²) in [4.78, 5) is 35.3. The molecule has 2 amide bonds. The van der Waals surface area contributed by atoms with Gasteiger partial charge in [0.25, 0.3) is 0 Å². The predicted octanol–water partition coefficient (Wildman–Crippen LogP) is 1.60. The number of hydrogen-bond acceptors (Lipinski definition) is 5. The molecule has 0 radical (unpaired) electrons. The van der Waals surface area contributed by atoms with E-state index in [4.69, 9.17) is 4.74 Å². The number of ether oxygens (including phenoxy) is 1. The summed E-state index contributed by atoms with van der Waals surface area (Å²) < 4.78 is 6.47. The van der Waals surface area contributed by atoms with E-state index in [0.29, 0.717) is 18.8 Å². The van der Waals surface area contributed by atoms with Crippen LogP contribution in [0, 0.1) is 0 Å². The van der Waals surface area contributed by atoms with E-state index in [2.05, 4.69) is 15.7 Å². The van der Waals surface area contributed by atoms with Crippen molar-refractivity contribution in [2.75, 3.05) is 11.9 Å². The molecular formula is C19H22N4O4. The quantitative estimate of drug-likeness (QED) is 0.438. The third kappa shape index (κ3) is 6.77. The number of esters is 1. The highest BCUT2D eigenvalue weighted by atomic mass is 16.5. The predicted molar refractivity (Wildman–Crippen MR) is 101 cm³/mol. The number of anilines is 1. The van der Waals surface area contributed by atoms with Gasteiger partial charge in [-0.1, -0.05) is 12.1 Å². The Labute approximate surface area is 157 Å². The summed E-state index contributed by atoms with van der Waals surface area (Å²) >= 11 is 0. The van der Waals surface area contributed by atoms with Crippen molar-refractivity contribution in [2.45, 2.75) is 26.4 Å². The summed E-state index contributed by atoms with van der Waals surface area (Å²) in [5, 5.41) is 9.20. The first-order valence-corrected chi connectivity index (χ1v) is 8.52. The maximum atomic E-state index is 12.0. The van der Waals surface area contributed by atoms with Gasteiger partial charge in [-0.15, -0.1) is 0 Å². The van der Waals surface area contributed by atoms with E-state index in [1.54, 1.807) is 67.3 Å². The van der Waals surface area contributed by atoms with Gasteiger partial charge in [0.2, 0.25) is 0 Å². The lowest BCUT2D eigenvalue weighted by molar-refractivity contribution is -0.137. The van der Waals surface area contributed by atoms with E-state index in [0.717, 1.165) is 5.56 Å². The normalized spacial score (nSPS) is 11.8. The monoisotopic (exact) mass is 370 g/mol. The molecule has 1 atom stereocenters. The van der Waals surface area contributed by atoms with Gasteiger partial charge in [0, 0.05) is 30.2 Å². The van der Waals surface area contributed by atoms with E-state index in [1.807, 2.05) is 0 Å². The summed E-state index contributed by atoms with van der Waals surface area (Å²) in [5.74, 6) is -1.89. The van der Waals surface area contributed by atoms with Crippen LogP contribution in [0.25, 0.3) is 6.08 Å². The molecule has 0 bridgehead atoms. The van der Waals surface area contributed by atoms with E-state index in [1.165, 1.54) is 6.08 Å². The van der Waals surface area contributed by atoms with Crippen LogP contribution in [-0.4, -0.2) is 40.2 Å². The number of aromatic nitrogens is 2. The summed E-state index contributed by atoms with van der Waals surface area (Å²) in [6.45, 7) is 4.30. The van der Waals surface area contributed by atoms with E-state index in [9.17, 15) is 14.4 Å². The van der Waals surface area contributed by atoms with Crippen LogP contribution in [0.4, 0.5) is 5.69 Å². The van der Waals surface area contributed by atoms with Crippen molar-refractivity contribution in [3.8, 4) is 0 Å². The number of amides is 2. The lowest BCUT2D eigenvalue weighted by Gasteiger charge is -2.13. The highest BCUT2D eigenvalue weighted by Gasteiger charge is 2.16. The Kier molecular flexibility index (Phi) is 7.30. The van der Waals surface area contributed by atoms with Crippen LogP contribution in [0.5, 0.6) is 0 Å². The van der Waals surface area contributed by atoms with Crippen LogP contribution >= 0.6 is 0 Å². The van der Waals surface area contributed by atoms with Crippen LogP contribution in [0.1, 0.15) is 19.4 Å². The Morgan fingerprint density at radius 2 is 1.96 bits per heavy atom. The van der Waals surface area contributed by atoms with Crippen molar-refractivity contribution < 1.29 is 19.1 Å². The Morgan fingerprint density at radius 1 is 1.22 bits per heavy atom. The van der Waals surface area contributed by atoms with Crippen LogP contribution in [-0.2, 0) is 25.7 Å². The molecule has 2 rings (SSSR count). The van der Waals surface area contributed by atoms with Gasteiger partial charge in [-0.05, 0) is 43.7 Å². The first kappa shape index (κ1) is 19.9. The largest absolute Gasteiger partial charge is 0.463 e. The molecule has 27 heavy (non-hydrogen) atoms. The molecule has 0 saturated carbocycles. The minimum atomic E-state index is -0.753. The fourth-order valence-electron chi connectivity index (χ4n) is 2.24. The number of nitrogens with one attached hydrogen (secondary N) is 2.